The second-order valence-corrected chi connectivity index (χ2v) is 9.33. The van der Waals surface area contributed by atoms with Crippen LogP contribution in [0.1, 0.15) is 36.4 Å². The van der Waals surface area contributed by atoms with E-state index in [0.29, 0.717) is 18.2 Å². The molecule has 1 aliphatic heterocycles. The zero-order valence-corrected chi connectivity index (χ0v) is 21.6. The lowest BCUT2D eigenvalue weighted by Crippen LogP contribution is -2.34. The molecule has 5 rings (SSSR count). The summed E-state index contributed by atoms with van der Waals surface area (Å²) in [6, 6.07) is 17.2. The van der Waals surface area contributed by atoms with Crippen molar-refractivity contribution in [2.75, 3.05) is 20.8 Å². The molecule has 1 aliphatic rings. The van der Waals surface area contributed by atoms with Gasteiger partial charge in [-0.25, -0.2) is 0 Å². The molecule has 1 amide bonds. The molecular formula is C29H31N5O4. The number of methoxy groups -OCH3 is 2. The Kier molecular flexibility index (Phi) is 7.65. The van der Waals surface area contributed by atoms with Gasteiger partial charge >= 0.3 is 0 Å². The van der Waals surface area contributed by atoms with E-state index in [1.165, 1.54) is 5.56 Å². The van der Waals surface area contributed by atoms with E-state index in [2.05, 4.69) is 26.2 Å². The number of rotatable bonds is 8. The number of benzene rings is 2. The van der Waals surface area contributed by atoms with Crippen LogP contribution in [0.2, 0.25) is 0 Å². The Morgan fingerprint density at radius 2 is 1.92 bits per heavy atom. The maximum Gasteiger partial charge on any atom is 0.269 e. The second kappa shape index (κ2) is 11.4. The monoisotopic (exact) mass is 513 g/mol. The van der Waals surface area contributed by atoms with E-state index in [1.807, 2.05) is 41.1 Å². The molecule has 3 heterocycles. The fourth-order valence-corrected chi connectivity index (χ4v) is 5.11. The van der Waals surface area contributed by atoms with Gasteiger partial charge in [0, 0.05) is 30.4 Å². The number of nitrogens with zero attached hydrogens (tertiary/aromatic N) is 5. The van der Waals surface area contributed by atoms with Crippen molar-refractivity contribution in [3.05, 3.63) is 78.1 Å². The van der Waals surface area contributed by atoms with Crippen LogP contribution in [-0.4, -0.2) is 46.2 Å². The third-order valence-corrected chi connectivity index (χ3v) is 6.99. The smallest absolute Gasteiger partial charge is 0.269 e. The number of amides is 1. The largest absolute Gasteiger partial charge is 0.493 e. The van der Waals surface area contributed by atoms with Gasteiger partial charge in [-0.2, -0.15) is 0 Å². The lowest BCUT2D eigenvalue weighted by Gasteiger charge is -2.36. The summed E-state index contributed by atoms with van der Waals surface area (Å²) >= 11 is 0. The van der Waals surface area contributed by atoms with Gasteiger partial charge in [-0.15, -0.1) is 10.2 Å². The number of pyridine rings is 1. The minimum Gasteiger partial charge on any atom is -0.493 e. The van der Waals surface area contributed by atoms with Crippen LogP contribution in [0.3, 0.4) is 0 Å². The van der Waals surface area contributed by atoms with Crippen molar-refractivity contribution in [3.63, 3.8) is 0 Å². The first-order valence-corrected chi connectivity index (χ1v) is 12.7. The molecule has 0 radical (unpaired) electrons. The number of carbonyl (C=O) groups is 1. The van der Waals surface area contributed by atoms with E-state index in [-0.39, 0.29) is 24.0 Å². The van der Waals surface area contributed by atoms with Crippen molar-refractivity contribution >= 4 is 22.5 Å². The summed E-state index contributed by atoms with van der Waals surface area (Å²) in [4.78, 5) is 19.3. The Morgan fingerprint density at radius 3 is 2.71 bits per heavy atom. The highest BCUT2D eigenvalue weighted by atomic mass is 16.5. The quantitative estimate of drug-likeness (QED) is 0.299. The number of para-hydroxylation sites is 1. The molecule has 0 saturated carbocycles. The van der Waals surface area contributed by atoms with Gasteiger partial charge in [0.15, 0.2) is 17.2 Å². The minimum absolute atomic E-state index is 0.00984. The highest BCUT2D eigenvalue weighted by Gasteiger charge is 2.26. The molecule has 4 aromatic rings. The molecule has 196 valence electrons. The summed E-state index contributed by atoms with van der Waals surface area (Å²) in [5.41, 5.74) is 3.02. The van der Waals surface area contributed by atoms with Crippen molar-refractivity contribution in [2.24, 2.45) is 10.2 Å². The van der Waals surface area contributed by atoms with Crippen molar-refractivity contribution in [2.45, 2.75) is 38.4 Å². The number of carbonyl (C=O) groups excluding carboxylic acids is 1. The molecule has 1 atom stereocenters. The van der Waals surface area contributed by atoms with Crippen LogP contribution < -0.4 is 9.47 Å². The topological polar surface area (TPSA) is 102 Å². The van der Waals surface area contributed by atoms with E-state index in [9.17, 15) is 9.90 Å². The predicted octanol–water partition coefficient (Wildman–Crippen LogP) is 5.80. The number of aromatic nitrogens is 2. The fraction of sp³-hybridized carbons (Fsp3) is 0.310. The number of hydrogen-bond acceptors (Lipinski definition) is 7. The summed E-state index contributed by atoms with van der Waals surface area (Å²) in [7, 11) is 3.11. The SMILES string of the molecule is COc1ccc(CC(=O)N=Nc2c(O)n(CN3CCCC[C@H]3c3cccnc3)c3ccccc23)cc1OC. The average Bonchev–Trinajstić information content (AvgIpc) is 3.22. The normalized spacial score (nSPS) is 16.2. The molecule has 2 aromatic heterocycles. The zero-order chi connectivity index (χ0) is 26.5. The molecule has 0 aliphatic carbocycles. The Morgan fingerprint density at radius 1 is 1.08 bits per heavy atom. The summed E-state index contributed by atoms with van der Waals surface area (Å²) < 4.78 is 12.4. The Bertz CT molecular complexity index is 1450. The average molecular weight is 514 g/mol. The Hall–Kier alpha value is -4.24. The molecular weight excluding hydrogens is 482 g/mol. The number of hydrogen-bond donors (Lipinski definition) is 1. The number of aromatic hydroxyl groups is 1. The summed E-state index contributed by atoms with van der Waals surface area (Å²) in [5, 5.41) is 20.2. The van der Waals surface area contributed by atoms with Gasteiger partial charge in [-0.3, -0.25) is 19.2 Å². The number of ether oxygens (including phenoxy) is 2. The zero-order valence-electron chi connectivity index (χ0n) is 21.6. The molecule has 1 N–H and O–H groups in total. The molecule has 1 fully saturated rings. The van der Waals surface area contributed by atoms with E-state index >= 15 is 0 Å². The number of piperidine rings is 1. The van der Waals surface area contributed by atoms with Crippen LogP contribution in [-0.2, 0) is 17.9 Å². The second-order valence-electron chi connectivity index (χ2n) is 9.33. The summed E-state index contributed by atoms with van der Waals surface area (Å²) in [5.74, 6) is 0.686. The third-order valence-electron chi connectivity index (χ3n) is 6.99. The Labute approximate surface area is 221 Å². The van der Waals surface area contributed by atoms with Gasteiger partial charge in [0.25, 0.3) is 5.91 Å². The van der Waals surface area contributed by atoms with Crippen LogP contribution in [0, 0.1) is 0 Å². The lowest BCUT2D eigenvalue weighted by atomic mass is 9.97. The highest BCUT2D eigenvalue weighted by molar-refractivity contribution is 5.95. The van der Waals surface area contributed by atoms with Gasteiger partial charge in [0.1, 0.15) is 0 Å². The van der Waals surface area contributed by atoms with Gasteiger partial charge in [0.2, 0.25) is 5.88 Å². The number of likely N-dealkylation sites (tertiary alicyclic amines) is 1. The third kappa shape index (κ3) is 5.24. The van der Waals surface area contributed by atoms with Crippen LogP contribution in [0.5, 0.6) is 17.4 Å². The maximum atomic E-state index is 12.7. The first kappa shape index (κ1) is 25.4. The van der Waals surface area contributed by atoms with E-state index in [1.54, 1.807) is 38.6 Å². The first-order chi connectivity index (χ1) is 18.6. The molecule has 9 heteroatoms. The van der Waals surface area contributed by atoms with Gasteiger partial charge in [-0.05, 0) is 48.2 Å². The van der Waals surface area contributed by atoms with E-state index in [4.69, 9.17) is 9.47 Å². The lowest BCUT2D eigenvalue weighted by molar-refractivity contribution is -0.117. The highest BCUT2D eigenvalue weighted by Crippen LogP contribution is 2.40. The van der Waals surface area contributed by atoms with Crippen LogP contribution >= 0.6 is 0 Å². The molecule has 9 nitrogen and oxygen atoms in total. The molecule has 2 aromatic carbocycles. The van der Waals surface area contributed by atoms with Crippen LogP contribution in [0.4, 0.5) is 5.69 Å². The molecule has 38 heavy (non-hydrogen) atoms. The van der Waals surface area contributed by atoms with Crippen LogP contribution in [0.15, 0.2) is 77.2 Å². The number of azo groups is 1. The predicted molar refractivity (Wildman–Crippen MR) is 144 cm³/mol. The van der Waals surface area contributed by atoms with Crippen molar-refractivity contribution in [3.8, 4) is 17.4 Å². The first-order valence-electron chi connectivity index (χ1n) is 12.7. The standard InChI is InChI=1S/C29H31N5O4/c1-37-25-13-12-20(16-26(25)38-2)17-27(35)31-32-28-22-9-3-4-11-24(22)34(29(28)36)19-33-15-6-5-10-23(33)21-8-7-14-30-18-21/h3-4,7-9,11-14,16,18,23,36H,5-6,10,15,17,19H2,1-2H3/t23-/m0/s1. The van der Waals surface area contributed by atoms with Crippen molar-refractivity contribution in [1.82, 2.24) is 14.5 Å². The maximum absolute atomic E-state index is 12.7. The fourth-order valence-electron chi connectivity index (χ4n) is 5.11. The van der Waals surface area contributed by atoms with Gasteiger partial charge in [-0.1, -0.05) is 36.8 Å². The van der Waals surface area contributed by atoms with E-state index < -0.39 is 5.91 Å². The van der Waals surface area contributed by atoms with E-state index in [0.717, 1.165) is 42.3 Å². The van der Waals surface area contributed by atoms with Gasteiger partial charge in [0.05, 0.1) is 32.8 Å². The Balaban J connectivity index is 1.40. The summed E-state index contributed by atoms with van der Waals surface area (Å²) in [6.45, 7) is 1.40. The van der Waals surface area contributed by atoms with Crippen molar-refractivity contribution in [1.29, 1.82) is 0 Å². The minimum atomic E-state index is -0.430. The molecule has 0 bridgehead atoms. The molecule has 0 unspecified atom stereocenters. The number of fused-ring (bicyclic) bond motifs is 1. The molecule has 1 saturated heterocycles. The van der Waals surface area contributed by atoms with Gasteiger partial charge < -0.3 is 14.6 Å². The van der Waals surface area contributed by atoms with Crippen LogP contribution in [0.25, 0.3) is 10.9 Å². The van der Waals surface area contributed by atoms with Crippen molar-refractivity contribution < 1.29 is 19.4 Å². The molecule has 0 spiro atoms. The summed E-state index contributed by atoms with van der Waals surface area (Å²) in [6.07, 6.45) is 7.02.